The Bertz CT molecular complexity index is 733. The molecule has 0 spiro atoms. The fraction of sp³-hybridized carbons (Fsp3) is 0.350. The zero-order valence-corrected chi connectivity index (χ0v) is 15.8. The van der Waals surface area contributed by atoms with Crippen molar-refractivity contribution in [1.82, 2.24) is 5.32 Å². The van der Waals surface area contributed by atoms with E-state index >= 15 is 0 Å². The minimum atomic E-state index is -0.213. The molecule has 2 aromatic rings. The van der Waals surface area contributed by atoms with Gasteiger partial charge in [0.15, 0.2) is 11.5 Å². The maximum Gasteiger partial charge on any atom is 0.255 e. The topological polar surface area (TPSA) is 66.0 Å². The maximum atomic E-state index is 12.6. The summed E-state index contributed by atoms with van der Waals surface area (Å²) in [4.78, 5) is 12.6. The van der Waals surface area contributed by atoms with E-state index < -0.39 is 0 Å². The number of amides is 1. The lowest BCUT2D eigenvalue weighted by Crippen LogP contribution is -2.24. The van der Waals surface area contributed by atoms with E-state index in [4.69, 9.17) is 18.9 Å². The third kappa shape index (κ3) is 4.59. The van der Waals surface area contributed by atoms with Crippen LogP contribution in [0.25, 0.3) is 0 Å². The molecule has 0 heterocycles. The Morgan fingerprint density at radius 3 is 2.12 bits per heavy atom. The minimum Gasteiger partial charge on any atom is -0.493 e. The molecule has 26 heavy (non-hydrogen) atoms. The van der Waals surface area contributed by atoms with Crippen LogP contribution in [0.1, 0.15) is 29.8 Å². The molecule has 1 amide bonds. The molecule has 0 saturated carbocycles. The Hall–Kier alpha value is -2.89. The van der Waals surface area contributed by atoms with E-state index in [2.05, 4.69) is 5.32 Å². The number of nitrogens with one attached hydrogen (secondary N) is 1. The van der Waals surface area contributed by atoms with Crippen LogP contribution in [0.5, 0.6) is 23.0 Å². The van der Waals surface area contributed by atoms with E-state index in [0.717, 1.165) is 5.56 Å². The van der Waals surface area contributed by atoms with Crippen molar-refractivity contribution in [3.63, 3.8) is 0 Å². The summed E-state index contributed by atoms with van der Waals surface area (Å²) in [5.41, 5.74) is 1.32. The van der Waals surface area contributed by atoms with Gasteiger partial charge in [-0.15, -0.1) is 0 Å². The fourth-order valence-corrected chi connectivity index (χ4v) is 2.53. The van der Waals surface area contributed by atoms with E-state index in [1.165, 1.54) is 0 Å². The first kappa shape index (κ1) is 19.4. The van der Waals surface area contributed by atoms with E-state index in [1.54, 1.807) is 45.6 Å². The van der Waals surface area contributed by atoms with Gasteiger partial charge >= 0.3 is 0 Å². The van der Waals surface area contributed by atoms with Crippen LogP contribution < -0.4 is 24.3 Å². The average Bonchev–Trinajstić information content (AvgIpc) is 2.65. The molecule has 6 heteroatoms. The second kappa shape index (κ2) is 8.99. The number of para-hydroxylation sites is 1. The number of carbonyl (C=O) groups is 1. The SMILES string of the molecule is COc1cc(CNC(=O)c2ccccc2OC(C)C)cc(OC)c1OC. The highest BCUT2D eigenvalue weighted by molar-refractivity contribution is 5.96. The van der Waals surface area contributed by atoms with Gasteiger partial charge in [-0.3, -0.25) is 4.79 Å². The van der Waals surface area contributed by atoms with Gasteiger partial charge in [-0.05, 0) is 43.7 Å². The highest BCUT2D eigenvalue weighted by Gasteiger charge is 2.16. The minimum absolute atomic E-state index is 0.0148. The van der Waals surface area contributed by atoms with Crippen molar-refractivity contribution in [3.05, 3.63) is 47.5 Å². The fourth-order valence-electron chi connectivity index (χ4n) is 2.53. The normalized spacial score (nSPS) is 10.4. The monoisotopic (exact) mass is 359 g/mol. The number of methoxy groups -OCH3 is 3. The smallest absolute Gasteiger partial charge is 0.255 e. The lowest BCUT2D eigenvalue weighted by atomic mass is 10.1. The van der Waals surface area contributed by atoms with Crippen molar-refractivity contribution in [1.29, 1.82) is 0 Å². The van der Waals surface area contributed by atoms with Crippen LogP contribution in [0.3, 0.4) is 0 Å². The Kier molecular flexibility index (Phi) is 6.72. The van der Waals surface area contributed by atoms with Crippen molar-refractivity contribution in [2.75, 3.05) is 21.3 Å². The second-order valence-electron chi connectivity index (χ2n) is 5.88. The Morgan fingerprint density at radius 1 is 0.962 bits per heavy atom. The third-order valence-corrected chi connectivity index (χ3v) is 3.67. The summed E-state index contributed by atoms with van der Waals surface area (Å²) in [5, 5.41) is 2.90. The highest BCUT2D eigenvalue weighted by atomic mass is 16.5. The summed E-state index contributed by atoms with van der Waals surface area (Å²) < 4.78 is 21.7. The third-order valence-electron chi connectivity index (χ3n) is 3.67. The molecule has 0 saturated heterocycles. The van der Waals surface area contributed by atoms with Crippen molar-refractivity contribution in [3.8, 4) is 23.0 Å². The van der Waals surface area contributed by atoms with Gasteiger partial charge in [-0.25, -0.2) is 0 Å². The first-order valence-corrected chi connectivity index (χ1v) is 8.32. The van der Waals surface area contributed by atoms with Crippen LogP contribution in [-0.2, 0) is 6.54 Å². The van der Waals surface area contributed by atoms with Crippen LogP contribution >= 0.6 is 0 Å². The quantitative estimate of drug-likeness (QED) is 0.782. The number of hydrogen-bond acceptors (Lipinski definition) is 5. The molecule has 0 aliphatic rings. The van der Waals surface area contributed by atoms with Gasteiger partial charge in [0.05, 0.1) is 33.0 Å². The number of ether oxygens (including phenoxy) is 4. The van der Waals surface area contributed by atoms with Gasteiger partial charge in [0.25, 0.3) is 5.91 Å². The Balaban J connectivity index is 2.18. The van der Waals surface area contributed by atoms with Gasteiger partial charge in [-0.2, -0.15) is 0 Å². The van der Waals surface area contributed by atoms with Crippen molar-refractivity contribution in [2.45, 2.75) is 26.5 Å². The standard InChI is InChI=1S/C20H25NO5/c1-13(2)26-16-9-7-6-8-15(16)20(22)21-12-14-10-17(23-3)19(25-5)18(11-14)24-4/h6-11,13H,12H2,1-5H3,(H,21,22). The van der Waals surface area contributed by atoms with Crippen LogP contribution in [0.4, 0.5) is 0 Å². The van der Waals surface area contributed by atoms with E-state index in [-0.39, 0.29) is 12.0 Å². The molecule has 0 atom stereocenters. The lowest BCUT2D eigenvalue weighted by Gasteiger charge is -2.16. The van der Waals surface area contributed by atoms with Gasteiger partial charge in [0.1, 0.15) is 5.75 Å². The van der Waals surface area contributed by atoms with Crippen LogP contribution in [0.15, 0.2) is 36.4 Å². The van der Waals surface area contributed by atoms with E-state index in [9.17, 15) is 4.79 Å². The summed E-state index contributed by atoms with van der Waals surface area (Å²) in [6.45, 7) is 4.15. The molecule has 0 aromatic heterocycles. The Labute approximate surface area is 154 Å². The molecule has 140 valence electrons. The second-order valence-corrected chi connectivity index (χ2v) is 5.88. The van der Waals surface area contributed by atoms with Gasteiger partial charge < -0.3 is 24.3 Å². The zero-order valence-electron chi connectivity index (χ0n) is 15.8. The molecule has 2 rings (SSSR count). The summed E-state index contributed by atoms with van der Waals surface area (Å²) in [6.07, 6.45) is -0.0148. The molecule has 0 aliphatic heterocycles. The highest BCUT2D eigenvalue weighted by Crippen LogP contribution is 2.38. The molecule has 0 bridgehead atoms. The number of carbonyl (C=O) groups excluding carboxylic acids is 1. The molecule has 6 nitrogen and oxygen atoms in total. The molecular formula is C20H25NO5. The first-order valence-electron chi connectivity index (χ1n) is 8.32. The van der Waals surface area contributed by atoms with Crippen LogP contribution in [0.2, 0.25) is 0 Å². The molecular weight excluding hydrogens is 334 g/mol. The maximum absolute atomic E-state index is 12.6. The van der Waals surface area contributed by atoms with E-state index in [1.807, 2.05) is 26.0 Å². The molecule has 2 aromatic carbocycles. The summed E-state index contributed by atoms with van der Waals surface area (Å²) >= 11 is 0. The predicted molar refractivity (Wildman–Crippen MR) is 99.5 cm³/mol. The average molecular weight is 359 g/mol. The molecule has 1 N–H and O–H groups in total. The van der Waals surface area contributed by atoms with Gasteiger partial charge in [-0.1, -0.05) is 12.1 Å². The Morgan fingerprint density at radius 2 is 1.58 bits per heavy atom. The molecule has 0 aliphatic carbocycles. The lowest BCUT2D eigenvalue weighted by molar-refractivity contribution is 0.0945. The first-order chi connectivity index (χ1) is 12.5. The number of benzene rings is 2. The number of hydrogen-bond donors (Lipinski definition) is 1. The molecule has 0 fully saturated rings. The summed E-state index contributed by atoms with van der Waals surface area (Å²) in [6, 6.07) is 10.8. The molecule has 0 unspecified atom stereocenters. The van der Waals surface area contributed by atoms with Gasteiger partial charge in [0.2, 0.25) is 5.75 Å². The van der Waals surface area contributed by atoms with Crippen LogP contribution in [0, 0.1) is 0 Å². The van der Waals surface area contributed by atoms with Crippen LogP contribution in [-0.4, -0.2) is 33.3 Å². The van der Waals surface area contributed by atoms with Crippen molar-refractivity contribution < 1.29 is 23.7 Å². The zero-order chi connectivity index (χ0) is 19.1. The largest absolute Gasteiger partial charge is 0.493 e. The predicted octanol–water partition coefficient (Wildman–Crippen LogP) is 3.43. The number of rotatable bonds is 8. The summed E-state index contributed by atoms with van der Waals surface area (Å²) in [5.74, 6) is 1.94. The van der Waals surface area contributed by atoms with Gasteiger partial charge in [0, 0.05) is 6.54 Å². The van der Waals surface area contributed by atoms with E-state index in [0.29, 0.717) is 35.1 Å². The summed E-state index contributed by atoms with van der Waals surface area (Å²) in [7, 11) is 4.66. The van der Waals surface area contributed by atoms with Crippen molar-refractivity contribution >= 4 is 5.91 Å². The van der Waals surface area contributed by atoms with Crippen molar-refractivity contribution in [2.24, 2.45) is 0 Å². The molecule has 0 radical (unpaired) electrons.